The van der Waals surface area contributed by atoms with Crippen molar-refractivity contribution in [1.29, 1.82) is 0 Å². The minimum Gasteiger partial charge on any atom is -0.478 e. The van der Waals surface area contributed by atoms with Crippen LogP contribution in [0.5, 0.6) is 0 Å². The maximum atomic E-state index is 10.4. The van der Waals surface area contributed by atoms with Crippen LogP contribution in [0.15, 0.2) is 22.5 Å². The summed E-state index contributed by atoms with van der Waals surface area (Å²) in [6.07, 6.45) is 2.76. The molecular formula is C12H13N3O2S3. The first-order chi connectivity index (χ1) is 9.54. The van der Waals surface area contributed by atoms with E-state index >= 15 is 0 Å². The van der Waals surface area contributed by atoms with Crippen molar-refractivity contribution in [3.8, 4) is 0 Å². The molecule has 0 fully saturated rings. The fraction of sp³-hybridized carbons (Fsp3) is 0.250. The molecule has 2 aromatic rings. The van der Waals surface area contributed by atoms with Crippen molar-refractivity contribution >= 4 is 51.6 Å². The maximum absolute atomic E-state index is 10.4. The number of thioether (sulfide) groups is 1. The number of rotatable bonds is 6. The van der Waals surface area contributed by atoms with Gasteiger partial charge in [0, 0.05) is 35.7 Å². The molecule has 0 aliphatic carbocycles. The summed E-state index contributed by atoms with van der Waals surface area (Å²) < 4.78 is 0.935. The fourth-order valence-corrected chi connectivity index (χ4v) is 4.01. The second kappa shape index (κ2) is 6.87. The Hall–Kier alpha value is -1.38. The number of aromatic nitrogens is 2. The van der Waals surface area contributed by atoms with E-state index in [9.17, 15) is 4.79 Å². The van der Waals surface area contributed by atoms with Crippen LogP contribution >= 0.6 is 34.4 Å². The molecule has 106 valence electrons. The van der Waals surface area contributed by atoms with Crippen LogP contribution in [0.2, 0.25) is 0 Å². The number of anilines is 1. The third-order valence-electron chi connectivity index (χ3n) is 2.19. The number of hydrogen-bond donors (Lipinski definition) is 1. The van der Waals surface area contributed by atoms with Gasteiger partial charge in [-0.2, -0.15) is 0 Å². The lowest BCUT2D eigenvalue weighted by Crippen LogP contribution is -2.07. The van der Waals surface area contributed by atoms with Gasteiger partial charge in [-0.15, -0.1) is 21.5 Å². The maximum Gasteiger partial charge on any atom is 0.328 e. The molecule has 0 aromatic carbocycles. The number of carbonyl (C=O) groups is 1. The van der Waals surface area contributed by atoms with Crippen molar-refractivity contribution in [2.24, 2.45) is 0 Å². The van der Waals surface area contributed by atoms with Crippen LogP contribution in [-0.2, 0) is 10.5 Å². The zero-order valence-electron chi connectivity index (χ0n) is 10.9. The van der Waals surface area contributed by atoms with Crippen LogP contribution in [0.4, 0.5) is 5.13 Å². The average Bonchev–Trinajstić information content (AvgIpc) is 3.03. The van der Waals surface area contributed by atoms with Gasteiger partial charge in [-0.05, 0) is 18.2 Å². The van der Waals surface area contributed by atoms with E-state index < -0.39 is 5.97 Å². The van der Waals surface area contributed by atoms with E-state index in [0.717, 1.165) is 26.2 Å². The minimum absolute atomic E-state index is 0.813. The summed E-state index contributed by atoms with van der Waals surface area (Å²) in [5.41, 5.74) is 0. The highest BCUT2D eigenvalue weighted by Crippen LogP contribution is 2.31. The molecule has 1 N–H and O–H groups in total. The second-order valence-electron chi connectivity index (χ2n) is 4.01. The van der Waals surface area contributed by atoms with Crippen LogP contribution in [0.1, 0.15) is 9.75 Å². The predicted molar refractivity (Wildman–Crippen MR) is 84.8 cm³/mol. The van der Waals surface area contributed by atoms with Crippen molar-refractivity contribution in [2.45, 2.75) is 10.1 Å². The standard InChI is InChI=1S/C12H13N3O2S3/c1-15(2)11-13-14-12(20-11)18-7-9-4-3-8(19-9)5-6-10(16)17/h3-6H,7H2,1-2H3,(H,16,17). The highest BCUT2D eigenvalue weighted by atomic mass is 32.2. The summed E-state index contributed by atoms with van der Waals surface area (Å²) in [5, 5.41) is 17.7. The van der Waals surface area contributed by atoms with Gasteiger partial charge in [-0.25, -0.2) is 4.79 Å². The molecule has 0 saturated carbocycles. The Morgan fingerprint density at radius 1 is 1.40 bits per heavy atom. The molecule has 0 atom stereocenters. The fourth-order valence-electron chi connectivity index (χ4n) is 1.29. The monoisotopic (exact) mass is 327 g/mol. The summed E-state index contributed by atoms with van der Waals surface area (Å²) in [6, 6.07) is 3.93. The molecule has 8 heteroatoms. The lowest BCUT2D eigenvalue weighted by Gasteiger charge is -2.03. The Bertz CT molecular complexity index is 619. The Balaban J connectivity index is 1.92. The summed E-state index contributed by atoms with van der Waals surface area (Å²) in [7, 11) is 3.88. The average molecular weight is 327 g/mol. The Morgan fingerprint density at radius 2 is 2.20 bits per heavy atom. The number of thiophene rings is 1. The van der Waals surface area contributed by atoms with Gasteiger partial charge in [0.1, 0.15) is 0 Å². The lowest BCUT2D eigenvalue weighted by atomic mass is 10.4. The number of nitrogens with zero attached hydrogens (tertiary/aromatic N) is 3. The number of hydrogen-bond acceptors (Lipinski definition) is 7. The first-order valence-electron chi connectivity index (χ1n) is 5.68. The largest absolute Gasteiger partial charge is 0.478 e. The van der Waals surface area contributed by atoms with Gasteiger partial charge in [0.25, 0.3) is 0 Å². The molecular weight excluding hydrogens is 314 g/mol. The predicted octanol–water partition coefficient (Wildman–Crippen LogP) is 3.06. The number of carboxylic acid groups (broad SMARTS) is 1. The van der Waals surface area contributed by atoms with Gasteiger partial charge in [-0.3, -0.25) is 0 Å². The van der Waals surface area contributed by atoms with Crippen LogP contribution in [0, 0.1) is 0 Å². The normalized spacial score (nSPS) is 11.1. The highest BCUT2D eigenvalue weighted by Gasteiger charge is 2.07. The van der Waals surface area contributed by atoms with Crippen molar-refractivity contribution in [2.75, 3.05) is 19.0 Å². The molecule has 5 nitrogen and oxygen atoms in total. The molecule has 2 aromatic heterocycles. The lowest BCUT2D eigenvalue weighted by molar-refractivity contribution is -0.131. The SMILES string of the molecule is CN(C)c1nnc(SCc2ccc(C=CC(=O)O)s2)s1. The Kier molecular flexibility index (Phi) is 5.16. The van der Waals surface area contributed by atoms with Gasteiger partial charge >= 0.3 is 5.97 Å². The summed E-state index contributed by atoms with van der Waals surface area (Å²) in [6.45, 7) is 0. The molecule has 0 bridgehead atoms. The number of carboxylic acids is 1. The van der Waals surface area contributed by atoms with E-state index in [1.54, 1.807) is 40.5 Å². The molecule has 0 unspecified atom stereocenters. The van der Waals surface area contributed by atoms with Gasteiger partial charge in [0.05, 0.1) is 0 Å². The summed E-state index contributed by atoms with van der Waals surface area (Å²) in [4.78, 5) is 14.5. The first kappa shape index (κ1) is 15.0. The molecule has 0 aliphatic rings. The zero-order valence-corrected chi connectivity index (χ0v) is 13.4. The molecule has 0 aliphatic heterocycles. The van der Waals surface area contributed by atoms with Gasteiger partial charge in [-0.1, -0.05) is 23.1 Å². The first-order valence-corrected chi connectivity index (χ1v) is 8.30. The van der Waals surface area contributed by atoms with Crippen LogP contribution in [-0.4, -0.2) is 35.4 Å². The van der Waals surface area contributed by atoms with E-state index in [1.165, 1.54) is 4.88 Å². The summed E-state index contributed by atoms with van der Waals surface area (Å²) >= 11 is 4.78. The van der Waals surface area contributed by atoms with Crippen LogP contribution in [0.3, 0.4) is 0 Å². The molecule has 20 heavy (non-hydrogen) atoms. The molecule has 0 spiro atoms. The third kappa shape index (κ3) is 4.32. The smallest absolute Gasteiger partial charge is 0.328 e. The molecule has 2 rings (SSSR count). The van der Waals surface area contributed by atoms with Crippen molar-refractivity contribution in [1.82, 2.24) is 10.2 Å². The number of aliphatic carboxylic acids is 1. The quantitative estimate of drug-likeness (QED) is 0.650. The Morgan fingerprint density at radius 3 is 2.85 bits per heavy atom. The molecule has 0 amide bonds. The van der Waals surface area contributed by atoms with Crippen molar-refractivity contribution < 1.29 is 9.90 Å². The minimum atomic E-state index is -0.931. The topological polar surface area (TPSA) is 66.3 Å². The van der Waals surface area contributed by atoms with Gasteiger partial charge in [0.2, 0.25) is 5.13 Å². The van der Waals surface area contributed by atoms with Gasteiger partial charge < -0.3 is 10.0 Å². The van der Waals surface area contributed by atoms with E-state index in [1.807, 2.05) is 31.1 Å². The molecule has 0 radical (unpaired) electrons. The van der Waals surface area contributed by atoms with E-state index in [-0.39, 0.29) is 0 Å². The summed E-state index contributed by atoms with van der Waals surface area (Å²) in [5.74, 6) is -0.118. The Labute approximate surface area is 129 Å². The van der Waals surface area contributed by atoms with Crippen LogP contribution < -0.4 is 4.90 Å². The zero-order chi connectivity index (χ0) is 14.5. The van der Waals surface area contributed by atoms with E-state index in [4.69, 9.17) is 5.11 Å². The van der Waals surface area contributed by atoms with E-state index in [0.29, 0.717) is 0 Å². The third-order valence-corrected chi connectivity index (χ3v) is 5.70. The van der Waals surface area contributed by atoms with E-state index in [2.05, 4.69) is 10.2 Å². The van der Waals surface area contributed by atoms with Crippen molar-refractivity contribution in [3.05, 3.63) is 28.0 Å². The highest BCUT2D eigenvalue weighted by molar-refractivity contribution is 8.00. The second-order valence-corrected chi connectivity index (χ2v) is 7.39. The van der Waals surface area contributed by atoms with Crippen molar-refractivity contribution in [3.63, 3.8) is 0 Å². The molecule has 0 saturated heterocycles. The van der Waals surface area contributed by atoms with Crippen LogP contribution in [0.25, 0.3) is 6.08 Å². The molecule has 2 heterocycles. The van der Waals surface area contributed by atoms with Gasteiger partial charge in [0.15, 0.2) is 4.34 Å².